The molecule has 1 atom stereocenters. The highest BCUT2D eigenvalue weighted by molar-refractivity contribution is 7.94. The van der Waals surface area contributed by atoms with Gasteiger partial charge in [0, 0.05) is 30.3 Å². The lowest BCUT2D eigenvalue weighted by atomic mass is 10.2. The lowest BCUT2D eigenvalue weighted by Gasteiger charge is -2.09. The van der Waals surface area contributed by atoms with Gasteiger partial charge in [-0.05, 0) is 12.1 Å². The molecular formula is C11H12N2O4S. The number of rotatable bonds is 2. The van der Waals surface area contributed by atoms with Crippen LogP contribution in [0.2, 0.25) is 0 Å². The highest BCUT2D eigenvalue weighted by Gasteiger charge is 2.23. The molecule has 96 valence electrons. The number of hydrogen-bond acceptors (Lipinski definition) is 4. The van der Waals surface area contributed by atoms with Crippen LogP contribution in [-0.2, 0) is 16.9 Å². The summed E-state index contributed by atoms with van der Waals surface area (Å²) < 4.78 is 23.7. The predicted molar refractivity (Wildman–Crippen MR) is 65.9 cm³/mol. The second-order valence-electron chi connectivity index (χ2n) is 4.10. The Morgan fingerprint density at radius 1 is 1.50 bits per heavy atom. The summed E-state index contributed by atoms with van der Waals surface area (Å²) in [6, 6.07) is 2.18. The maximum absolute atomic E-state index is 11.8. The van der Waals surface area contributed by atoms with Crippen molar-refractivity contribution in [2.45, 2.75) is 6.04 Å². The molecule has 0 spiro atoms. The number of aromatic nitrogens is 1. The first kappa shape index (κ1) is 12.6. The molecule has 7 heteroatoms. The van der Waals surface area contributed by atoms with Gasteiger partial charge < -0.3 is 9.88 Å². The van der Waals surface area contributed by atoms with E-state index in [4.69, 9.17) is 0 Å². The molecule has 2 rings (SSSR count). The third kappa shape index (κ3) is 2.67. The average molecular weight is 268 g/mol. The molecule has 1 unspecified atom stereocenters. The van der Waals surface area contributed by atoms with Gasteiger partial charge >= 0.3 is 0 Å². The van der Waals surface area contributed by atoms with Crippen molar-refractivity contribution in [1.29, 1.82) is 0 Å². The summed E-state index contributed by atoms with van der Waals surface area (Å²) in [6.45, 7) is 0. The van der Waals surface area contributed by atoms with Crippen LogP contribution in [0.3, 0.4) is 0 Å². The van der Waals surface area contributed by atoms with Crippen LogP contribution < -0.4 is 10.9 Å². The summed E-state index contributed by atoms with van der Waals surface area (Å²) in [7, 11) is -1.62. The van der Waals surface area contributed by atoms with Crippen molar-refractivity contribution in [3.05, 3.63) is 45.7 Å². The Balaban J connectivity index is 2.12. The van der Waals surface area contributed by atoms with E-state index in [1.807, 2.05) is 0 Å². The van der Waals surface area contributed by atoms with Gasteiger partial charge in [0.25, 0.3) is 11.5 Å². The number of amides is 1. The molecule has 1 aromatic rings. The first-order chi connectivity index (χ1) is 8.37. The molecular weight excluding hydrogens is 256 g/mol. The summed E-state index contributed by atoms with van der Waals surface area (Å²) in [5.74, 6) is -0.594. The summed E-state index contributed by atoms with van der Waals surface area (Å²) in [5.41, 5.74) is -0.0759. The standard InChI is InChI=1S/C11H12N2O4S/c1-13-4-2-8(6-10(13)14)11(15)12-9-3-5-18(16,17)7-9/h2-6,9H,7H2,1H3,(H,12,15). The first-order valence-electron chi connectivity index (χ1n) is 5.26. The van der Waals surface area contributed by atoms with Gasteiger partial charge in [-0.3, -0.25) is 9.59 Å². The predicted octanol–water partition coefficient (Wildman–Crippen LogP) is -0.574. The second kappa shape index (κ2) is 4.41. The van der Waals surface area contributed by atoms with Crippen LogP contribution in [-0.4, -0.2) is 30.7 Å². The van der Waals surface area contributed by atoms with Gasteiger partial charge in [0.05, 0.1) is 11.8 Å². The Morgan fingerprint density at radius 2 is 2.22 bits per heavy atom. The van der Waals surface area contributed by atoms with Crippen molar-refractivity contribution in [3.8, 4) is 0 Å². The Bertz CT molecular complexity index is 673. The van der Waals surface area contributed by atoms with Crippen molar-refractivity contribution in [3.63, 3.8) is 0 Å². The van der Waals surface area contributed by atoms with Crippen LogP contribution in [0.1, 0.15) is 10.4 Å². The molecule has 0 bridgehead atoms. The molecule has 0 saturated heterocycles. The van der Waals surface area contributed by atoms with Crippen molar-refractivity contribution in [1.82, 2.24) is 9.88 Å². The highest BCUT2D eigenvalue weighted by atomic mass is 32.2. The first-order valence-corrected chi connectivity index (χ1v) is 6.97. The van der Waals surface area contributed by atoms with E-state index >= 15 is 0 Å². The fraction of sp³-hybridized carbons (Fsp3) is 0.273. The highest BCUT2D eigenvalue weighted by Crippen LogP contribution is 2.08. The van der Waals surface area contributed by atoms with Crippen molar-refractivity contribution >= 4 is 15.7 Å². The van der Waals surface area contributed by atoms with Crippen LogP contribution in [0.4, 0.5) is 0 Å². The van der Waals surface area contributed by atoms with Gasteiger partial charge in [-0.1, -0.05) is 0 Å². The molecule has 6 nitrogen and oxygen atoms in total. The van der Waals surface area contributed by atoms with E-state index < -0.39 is 21.8 Å². The number of aryl methyl sites for hydroxylation is 1. The van der Waals surface area contributed by atoms with E-state index in [1.165, 1.54) is 29.0 Å². The van der Waals surface area contributed by atoms with E-state index in [-0.39, 0.29) is 16.9 Å². The maximum atomic E-state index is 11.8. The fourth-order valence-electron chi connectivity index (χ4n) is 1.61. The minimum atomic E-state index is -3.20. The number of sulfone groups is 1. The molecule has 0 saturated carbocycles. The Morgan fingerprint density at radius 3 is 2.78 bits per heavy atom. The molecule has 0 aliphatic carbocycles. The molecule has 1 aromatic heterocycles. The third-order valence-corrected chi connectivity index (χ3v) is 4.01. The lowest BCUT2D eigenvalue weighted by Crippen LogP contribution is -2.36. The summed E-state index contributed by atoms with van der Waals surface area (Å²) in [6.07, 6.45) is 2.91. The van der Waals surface area contributed by atoms with Crippen molar-refractivity contribution in [2.75, 3.05) is 5.75 Å². The van der Waals surface area contributed by atoms with Crippen molar-refractivity contribution < 1.29 is 13.2 Å². The molecule has 1 N–H and O–H groups in total. The zero-order valence-electron chi connectivity index (χ0n) is 9.66. The smallest absolute Gasteiger partial charge is 0.252 e. The third-order valence-electron chi connectivity index (χ3n) is 2.61. The topological polar surface area (TPSA) is 85.2 Å². The molecule has 2 heterocycles. The molecule has 0 aromatic carbocycles. The Kier molecular flexibility index (Phi) is 3.08. The Labute approximate surface area is 104 Å². The fourth-order valence-corrected chi connectivity index (χ4v) is 2.84. The zero-order chi connectivity index (χ0) is 13.3. The van der Waals surface area contributed by atoms with Gasteiger partial charge in [0.2, 0.25) is 0 Å². The SMILES string of the molecule is Cn1ccc(C(=O)NC2C=CS(=O)(=O)C2)cc1=O. The van der Waals surface area contributed by atoms with E-state index in [0.717, 1.165) is 5.41 Å². The summed E-state index contributed by atoms with van der Waals surface area (Å²) in [4.78, 5) is 23.1. The van der Waals surface area contributed by atoms with Crippen LogP contribution in [0, 0.1) is 0 Å². The van der Waals surface area contributed by atoms with Gasteiger partial charge in [-0.15, -0.1) is 0 Å². The maximum Gasteiger partial charge on any atom is 0.252 e. The van der Waals surface area contributed by atoms with Gasteiger partial charge in [0.1, 0.15) is 0 Å². The van der Waals surface area contributed by atoms with Gasteiger partial charge in [-0.2, -0.15) is 0 Å². The molecule has 0 fully saturated rings. The number of nitrogens with one attached hydrogen (secondary N) is 1. The minimum Gasteiger partial charge on any atom is -0.345 e. The number of carbonyl (C=O) groups is 1. The number of carbonyl (C=O) groups excluding carboxylic acids is 1. The van der Waals surface area contributed by atoms with E-state index in [1.54, 1.807) is 7.05 Å². The lowest BCUT2D eigenvalue weighted by molar-refractivity contribution is 0.0947. The summed E-state index contributed by atoms with van der Waals surface area (Å²) >= 11 is 0. The normalized spacial score (nSPS) is 20.8. The quantitative estimate of drug-likeness (QED) is 0.778. The summed E-state index contributed by atoms with van der Waals surface area (Å²) in [5, 5.41) is 3.63. The molecule has 1 aliphatic rings. The largest absolute Gasteiger partial charge is 0.345 e. The second-order valence-corrected chi connectivity index (χ2v) is 6.03. The molecule has 0 radical (unpaired) electrons. The van der Waals surface area contributed by atoms with E-state index in [0.29, 0.717) is 0 Å². The van der Waals surface area contributed by atoms with E-state index in [2.05, 4.69) is 5.32 Å². The minimum absolute atomic E-state index is 0.135. The number of nitrogens with zero attached hydrogens (tertiary/aromatic N) is 1. The van der Waals surface area contributed by atoms with E-state index in [9.17, 15) is 18.0 Å². The number of hydrogen-bond donors (Lipinski definition) is 1. The van der Waals surface area contributed by atoms with Crippen LogP contribution in [0.5, 0.6) is 0 Å². The monoisotopic (exact) mass is 268 g/mol. The average Bonchev–Trinajstić information content (AvgIpc) is 2.62. The van der Waals surface area contributed by atoms with Crippen LogP contribution in [0.15, 0.2) is 34.6 Å². The molecule has 18 heavy (non-hydrogen) atoms. The van der Waals surface area contributed by atoms with Crippen molar-refractivity contribution in [2.24, 2.45) is 7.05 Å². The van der Waals surface area contributed by atoms with Gasteiger partial charge in [-0.25, -0.2) is 8.42 Å². The molecule has 1 amide bonds. The van der Waals surface area contributed by atoms with Gasteiger partial charge in [0.15, 0.2) is 9.84 Å². The Hall–Kier alpha value is -1.89. The van der Waals surface area contributed by atoms with Crippen LogP contribution >= 0.6 is 0 Å². The number of pyridine rings is 1. The van der Waals surface area contributed by atoms with Crippen LogP contribution in [0.25, 0.3) is 0 Å². The molecule has 1 aliphatic heterocycles. The zero-order valence-corrected chi connectivity index (χ0v) is 10.5.